The first-order chi connectivity index (χ1) is 12.6. The number of benzene rings is 1. The van der Waals surface area contributed by atoms with Gasteiger partial charge in [0.2, 0.25) is 0 Å². The number of esters is 1. The van der Waals surface area contributed by atoms with E-state index in [2.05, 4.69) is 4.85 Å². The van der Waals surface area contributed by atoms with Crippen LogP contribution in [0.4, 0.5) is 0 Å². The smallest absolute Gasteiger partial charge is 0.373 e. The number of hydrogen-bond acceptors (Lipinski definition) is 5. The molecular weight excluding hydrogens is 366 g/mol. The highest BCUT2D eigenvalue weighted by atomic mass is 32.2. The molecule has 0 aliphatic rings. The molecule has 0 aliphatic carbocycles. The number of unbranched alkanes of at least 4 members (excludes halogenated alkanes) is 2. The molecule has 0 amide bonds. The number of rotatable bonds is 10. The van der Waals surface area contributed by atoms with Crippen molar-refractivity contribution in [3.63, 3.8) is 0 Å². The minimum atomic E-state index is -3.86. The minimum absolute atomic E-state index is 0.148. The van der Waals surface area contributed by atoms with Crippen molar-refractivity contribution in [1.82, 2.24) is 0 Å². The highest BCUT2D eigenvalue weighted by Gasteiger charge is 2.37. The number of nitrogens with zero attached hydrogens (tertiary/aromatic N) is 1. The molecule has 0 saturated heterocycles. The quantitative estimate of drug-likeness (QED) is 0.471. The summed E-state index contributed by atoms with van der Waals surface area (Å²) >= 11 is 0. The second-order valence-electron chi connectivity index (χ2n) is 7.32. The first-order valence-corrected chi connectivity index (χ1v) is 10.7. The third-order valence-corrected chi connectivity index (χ3v) is 6.54. The lowest BCUT2D eigenvalue weighted by Crippen LogP contribution is -2.26. The summed E-state index contributed by atoms with van der Waals surface area (Å²) in [6.07, 6.45) is 3.01. The van der Waals surface area contributed by atoms with E-state index in [1.54, 1.807) is 19.9 Å². The van der Waals surface area contributed by atoms with Crippen LogP contribution < -0.4 is 0 Å². The van der Waals surface area contributed by atoms with Crippen LogP contribution in [0.5, 0.6) is 5.75 Å². The normalized spacial score (nSPS) is 13.0. The molecule has 0 aromatic heterocycles. The van der Waals surface area contributed by atoms with Gasteiger partial charge < -0.3 is 9.84 Å². The molecule has 150 valence electrons. The molecule has 1 N–H and O–H groups in total. The fourth-order valence-corrected chi connectivity index (χ4v) is 4.44. The Morgan fingerprint density at radius 2 is 1.96 bits per heavy atom. The minimum Gasteiger partial charge on any atom is -0.507 e. The maximum Gasteiger partial charge on any atom is 0.373 e. The van der Waals surface area contributed by atoms with Crippen LogP contribution in [-0.4, -0.2) is 31.5 Å². The molecule has 0 spiro atoms. The molecule has 6 nitrogen and oxygen atoms in total. The van der Waals surface area contributed by atoms with Crippen molar-refractivity contribution in [3.8, 4) is 12.3 Å². The summed E-state index contributed by atoms with van der Waals surface area (Å²) in [6, 6.07) is 4.41. The van der Waals surface area contributed by atoms with Crippen LogP contribution in [0, 0.1) is 18.9 Å². The number of carbonyl (C=O) groups excluding carboxylic acids is 1. The standard InChI is InChI=1S/C20H29NO5S/c1-6-26-19(23)20(3,4)13-9-7-8-10-18(21-5)27(24,25)17-14-15(2)11-12-16(17)22/h5,11-12,14,18H,6-10,13H2,1-4H3/p+1. The maximum absolute atomic E-state index is 12.7. The summed E-state index contributed by atoms with van der Waals surface area (Å²) in [5.74, 6) is -0.525. The summed E-state index contributed by atoms with van der Waals surface area (Å²) in [4.78, 5) is 15.3. The van der Waals surface area contributed by atoms with Gasteiger partial charge in [-0.2, -0.15) is 0 Å². The predicted octanol–water partition coefficient (Wildman–Crippen LogP) is 4.30. The average molecular weight is 397 g/mol. The van der Waals surface area contributed by atoms with E-state index < -0.39 is 20.6 Å². The molecule has 0 saturated carbocycles. The summed E-state index contributed by atoms with van der Waals surface area (Å²) in [7, 11) is -3.86. The number of phenols is 1. The molecule has 27 heavy (non-hydrogen) atoms. The highest BCUT2D eigenvalue weighted by Crippen LogP contribution is 2.30. The number of ether oxygens (including phenoxy) is 1. The second kappa shape index (κ2) is 9.75. The monoisotopic (exact) mass is 396 g/mol. The largest absolute Gasteiger partial charge is 0.507 e. The molecule has 1 atom stereocenters. The summed E-state index contributed by atoms with van der Waals surface area (Å²) in [5.41, 5.74) is 0.163. The fourth-order valence-electron chi connectivity index (χ4n) is 2.80. The van der Waals surface area contributed by atoms with E-state index in [1.807, 2.05) is 13.8 Å². The Balaban J connectivity index is 2.64. The number of sulfone groups is 1. The van der Waals surface area contributed by atoms with E-state index in [9.17, 15) is 18.3 Å². The average Bonchev–Trinajstić information content (AvgIpc) is 2.60. The van der Waals surface area contributed by atoms with E-state index in [1.165, 1.54) is 12.1 Å². The van der Waals surface area contributed by atoms with E-state index in [0.29, 0.717) is 19.4 Å². The van der Waals surface area contributed by atoms with Crippen LogP contribution in [0.3, 0.4) is 0 Å². The number of hydrogen-bond donors (Lipinski definition) is 1. The Morgan fingerprint density at radius 3 is 2.56 bits per heavy atom. The third-order valence-electron chi connectivity index (χ3n) is 4.53. The van der Waals surface area contributed by atoms with Gasteiger partial charge in [-0.1, -0.05) is 23.8 Å². The molecule has 1 unspecified atom stereocenters. The Morgan fingerprint density at radius 1 is 1.30 bits per heavy atom. The van der Waals surface area contributed by atoms with Gasteiger partial charge in [-0.05, 0) is 58.2 Å². The van der Waals surface area contributed by atoms with Gasteiger partial charge in [-0.15, -0.1) is 0 Å². The van der Waals surface area contributed by atoms with Crippen LogP contribution >= 0.6 is 0 Å². The van der Waals surface area contributed by atoms with Crippen molar-refractivity contribution in [2.45, 2.75) is 70.1 Å². The lowest BCUT2D eigenvalue weighted by molar-refractivity contribution is -0.153. The first-order valence-electron chi connectivity index (χ1n) is 9.17. The molecule has 1 aromatic rings. The Hall–Kier alpha value is -2.07. The van der Waals surface area contributed by atoms with Gasteiger partial charge in [-0.25, -0.2) is 8.42 Å². The van der Waals surface area contributed by atoms with Crippen molar-refractivity contribution < 1.29 is 23.1 Å². The SMILES string of the molecule is C#[N+]C(CCCCCC(C)(C)C(=O)OCC)S(=O)(=O)c1cc(C)ccc1O. The Kier molecular flexibility index (Phi) is 8.29. The van der Waals surface area contributed by atoms with E-state index >= 15 is 0 Å². The maximum atomic E-state index is 12.7. The van der Waals surface area contributed by atoms with Gasteiger partial charge in [0.05, 0.1) is 12.0 Å². The molecule has 1 aromatic carbocycles. The predicted molar refractivity (Wildman–Crippen MR) is 106 cm³/mol. The Labute approximate surface area is 162 Å². The van der Waals surface area contributed by atoms with Gasteiger partial charge in [0.1, 0.15) is 10.6 Å². The van der Waals surface area contributed by atoms with Crippen molar-refractivity contribution in [2.75, 3.05) is 6.61 Å². The summed E-state index contributed by atoms with van der Waals surface area (Å²) < 4.78 is 30.5. The third kappa shape index (κ3) is 6.24. The number of carbonyl (C=O) groups is 1. The van der Waals surface area contributed by atoms with Crippen LogP contribution in [0.25, 0.3) is 4.85 Å². The number of aryl methyl sites for hydroxylation is 1. The summed E-state index contributed by atoms with van der Waals surface area (Å²) in [6.45, 7) is 12.9. The van der Waals surface area contributed by atoms with E-state index in [4.69, 9.17) is 11.3 Å². The van der Waals surface area contributed by atoms with Crippen molar-refractivity contribution in [2.24, 2.45) is 5.41 Å². The van der Waals surface area contributed by atoms with E-state index in [0.717, 1.165) is 18.4 Å². The zero-order valence-electron chi connectivity index (χ0n) is 16.6. The van der Waals surface area contributed by atoms with Crippen LogP contribution in [0.2, 0.25) is 0 Å². The molecule has 7 heteroatoms. The van der Waals surface area contributed by atoms with Crippen LogP contribution in [0.15, 0.2) is 23.1 Å². The van der Waals surface area contributed by atoms with Crippen molar-refractivity contribution in [3.05, 3.63) is 28.6 Å². The van der Waals surface area contributed by atoms with Crippen LogP contribution in [0.1, 0.15) is 58.4 Å². The van der Waals surface area contributed by atoms with Crippen LogP contribution in [-0.2, 0) is 19.4 Å². The highest BCUT2D eigenvalue weighted by molar-refractivity contribution is 7.92. The summed E-state index contributed by atoms with van der Waals surface area (Å²) in [5, 5.41) is 8.80. The van der Waals surface area contributed by atoms with Gasteiger partial charge in [0.15, 0.2) is 0 Å². The van der Waals surface area contributed by atoms with E-state index in [-0.39, 0.29) is 23.0 Å². The van der Waals surface area contributed by atoms with Gasteiger partial charge >= 0.3 is 11.3 Å². The molecule has 0 aliphatic heterocycles. The van der Waals surface area contributed by atoms with Gasteiger partial charge in [0, 0.05) is 6.42 Å². The molecule has 0 heterocycles. The lowest BCUT2D eigenvalue weighted by Gasteiger charge is -2.21. The first kappa shape index (κ1) is 23.0. The topological polar surface area (TPSA) is 85.0 Å². The molecule has 0 fully saturated rings. The van der Waals surface area contributed by atoms with Gasteiger partial charge in [0.25, 0.3) is 16.4 Å². The molecular formula is C20H30NO5S+. The number of aromatic hydroxyl groups is 1. The Bertz CT molecular complexity index is 793. The fraction of sp³-hybridized carbons (Fsp3) is 0.600. The zero-order chi connectivity index (χ0) is 20.7. The molecule has 0 radical (unpaired) electrons. The van der Waals surface area contributed by atoms with Crippen molar-refractivity contribution in [1.29, 1.82) is 0 Å². The lowest BCUT2D eigenvalue weighted by atomic mass is 9.87. The van der Waals surface area contributed by atoms with Crippen molar-refractivity contribution >= 4 is 15.8 Å². The molecule has 1 rings (SSSR count). The van der Waals surface area contributed by atoms with Gasteiger partial charge in [-0.3, -0.25) is 4.79 Å². The number of phenolic OH excluding ortho intramolecular Hbond substituents is 1. The zero-order valence-corrected chi connectivity index (χ0v) is 17.4. The molecule has 0 bridgehead atoms. The second-order valence-corrected chi connectivity index (χ2v) is 9.40.